The summed E-state index contributed by atoms with van der Waals surface area (Å²) in [5.74, 6) is 0.533. The standard InChI is InChI=1S/C12H16N2O4/c1-2-17-10-4-3-5-11(12(10)14(15)16)18-9-6-7-13-8-9/h3-5,9,13H,2,6-8H2,1H3. The Hall–Kier alpha value is -1.82. The third-order valence-corrected chi connectivity index (χ3v) is 2.75. The Morgan fingerprint density at radius 3 is 2.89 bits per heavy atom. The first kappa shape index (κ1) is 12.6. The molecule has 2 rings (SSSR count). The van der Waals surface area contributed by atoms with Crippen LogP contribution in [0.1, 0.15) is 13.3 Å². The number of rotatable bonds is 5. The summed E-state index contributed by atoms with van der Waals surface area (Å²) < 4.78 is 10.9. The Kier molecular flexibility index (Phi) is 3.99. The molecular weight excluding hydrogens is 236 g/mol. The number of para-hydroxylation sites is 1. The molecule has 0 radical (unpaired) electrons. The van der Waals surface area contributed by atoms with E-state index in [1.165, 1.54) is 0 Å². The maximum absolute atomic E-state index is 11.1. The molecule has 1 atom stereocenters. The molecule has 1 aromatic rings. The van der Waals surface area contributed by atoms with E-state index in [-0.39, 0.29) is 23.3 Å². The van der Waals surface area contributed by atoms with Crippen LogP contribution in [0, 0.1) is 10.1 Å². The van der Waals surface area contributed by atoms with E-state index in [9.17, 15) is 10.1 Å². The van der Waals surface area contributed by atoms with Gasteiger partial charge in [0.05, 0.1) is 11.5 Å². The Bertz CT molecular complexity index is 430. The zero-order chi connectivity index (χ0) is 13.0. The fourth-order valence-electron chi connectivity index (χ4n) is 1.96. The van der Waals surface area contributed by atoms with Crippen LogP contribution in [0.4, 0.5) is 5.69 Å². The smallest absolute Gasteiger partial charge is 0.352 e. The number of nitrogens with zero attached hydrogens (tertiary/aromatic N) is 1. The van der Waals surface area contributed by atoms with Crippen LogP contribution >= 0.6 is 0 Å². The molecule has 6 heteroatoms. The van der Waals surface area contributed by atoms with Gasteiger partial charge in [0.15, 0.2) is 0 Å². The van der Waals surface area contributed by atoms with E-state index >= 15 is 0 Å². The topological polar surface area (TPSA) is 73.6 Å². The van der Waals surface area contributed by atoms with Crippen LogP contribution in [-0.4, -0.2) is 30.7 Å². The lowest BCUT2D eigenvalue weighted by atomic mass is 10.2. The molecule has 1 aliphatic heterocycles. The molecule has 0 amide bonds. The third kappa shape index (κ3) is 2.70. The minimum absolute atomic E-state index is 0.0134. The van der Waals surface area contributed by atoms with Crippen LogP contribution in [0.5, 0.6) is 11.5 Å². The van der Waals surface area contributed by atoms with Gasteiger partial charge in [-0.25, -0.2) is 0 Å². The van der Waals surface area contributed by atoms with E-state index in [1.54, 1.807) is 25.1 Å². The van der Waals surface area contributed by atoms with Crippen LogP contribution in [0.2, 0.25) is 0 Å². The molecule has 18 heavy (non-hydrogen) atoms. The lowest BCUT2D eigenvalue weighted by Crippen LogP contribution is -2.20. The number of ether oxygens (including phenoxy) is 2. The summed E-state index contributed by atoms with van der Waals surface area (Å²) >= 11 is 0. The highest BCUT2D eigenvalue weighted by molar-refractivity contribution is 5.57. The van der Waals surface area contributed by atoms with E-state index in [1.807, 2.05) is 0 Å². The summed E-state index contributed by atoms with van der Waals surface area (Å²) in [6.45, 7) is 3.77. The number of nitro benzene ring substituents is 1. The minimum atomic E-state index is -0.456. The van der Waals surface area contributed by atoms with Crippen molar-refractivity contribution in [1.29, 1.82) is 0 Å². The van der Waals surface area contributed by atoms with Crippen molar-refractivity contribution in [2.45, 2.75) is 19.4 Å². The van der Waals surface area contributed by atoms with Crippen molar-refractivity contribution in [2.75, 3.05) is 19.7 Å². The molecule has 0 saturated carbocycles. The maximum Gasteiger partial charge on any atom is 0.352 e. The van der Waals surface area contributed by atoms with Crippen LogP contribution < -0.4 is 14.8 Å². The average Bonchev–Trinajstić information content (AvgIpc) is 2.82. The monoisotopic (exact) mass is 252 g/mol. The second-order valence-electron chi connectivity index (χ2n) is 4.03. The van der Waals surface area contributed by atoms with Gasteiger partial charge in [-0.2, -0.15) is 0 Å². The van der Waals surface area contributed by atoms with Crippen LogP contribution in [0.25, 0.3) is 0 Å². The summed E-state index contributed by atoms with van der Waals surface area (Å²) in [6, 6.07) is 4.90. The molecule has 0 spiro atoms. The first-order valence-corrected chi connectivity index (χ1v) is 6.00. The Balaban J connectivity index is 2.26. The Morgan fingerprint density at radius 2 is 2.28 bits per heavy atom. The second kappa shape index (κ2) is 5.68. The van der Waals surface area contributed by atoms with Gasteiger partial charge in [-0.3, -0.25) is 10.1 Å². The fourth-order valence-corrected chi connectivity index (χ4v) is 1.96. The third-order valence-electron chi connectivity index (χ3n) is 2.75. The molecule has 1 heterocycles. The van der Waals surface area contributed by atoms with Crippen LogP contribution in [-0.2, 0) is 0 Å². The second-order valence-corrected chi connectivity index (χ2v) is 4.03. The van der Waals surface area contributed by atoms with Crippen molar-refractivity contribution in [1.82, 2.24) is 5.32 Å². The van der Waals surface area contributed by atoms with E-state index in [4.69, 9.17) is 9.47 Å². The Labute approximate surface area is 105 Å². The van der Waals surface area contributed by atoms with Gasteiger partial charge >= 0.3 is 5.69 Å². The largest absolute Gasteiger partial charge is 0.487 e. The molecule has 1 saturated heterocycles. The van der Waals surface area contributed by atoms with Gasteiger partial charge in [-0.15, -0.1) is 0 Å². The lowest BCUT2D eigenvalue weighted by molar-refractivity contribution is -0.387. The van der Waals surface area contributed by atoms with Crippen molar-refractivity contribution >= 4 is 5.69 Å². The normalized spacial score (nSPS) is 18.6. The molecule has 1 aliphatic rings. The fraction of sp³-hybridized carbons (Fsp3) is 0.500. The minimum Gasteiger partial charge on any atom is -0.487 e. The van der Waals surface area contributed by atoms with Gasteiger partial charge in [0.25, 0.3) is 0 Å². The van der Waals surface area contributed by atoms with Crippen molar-refractivity contribution in [3.05, 3.63) is 28.3 Å². The van der Waals surface area contributed by atoms with Gasteiger partial charge in [0, 0.05) is 6.54 Å². The first-order chi connectivity index (χ1) is 8.72. The van der Waals surface area contributed by atoms with E-state index in [0.717, 1.165) is 19.5 Å². The van der Waals surface area contributed by atoms with Crippen LogP contribution in [0.15, 0.2) is 18.2 Å². The number of nitrogens with one attached hydrogen (secondary N) is 1. The first-order valence-electron chi connectivity index (χ1n) is 6.00. The van der Waals surface area contributed by atoms with Crippen molar-refractivity contribution in [2.24, 2.45) is 0 Å². The van der Waals surface area contributed by atoms with E-state index in [0.29, 0.717) is 6.61 Å². The van der Waals surface area contributed by atoms with Gasteiger partial charge in [0.1, 0.15) is 6.10 Å². The molecule has 1 aromatic carbocycles. The summed E-state index contributed by atoms with van der Waals surface area (Å²) in [5, 5.41) is 14.3. The summed E-state index contributed by atoms with van der Waals surface area (Å²) in [7, 11) is 0. The van der Waals surface area contributed by atoms with Crippen LogP contribution in [0.3, 0.4) is 0 Å². The highest BCUT2D eigenvalue weighted by Crippen LogP contribution is 2.37. The molecule has 6 nitrogen and oxygen atoms in total. The predicted octanol–water partition coefficient (Wildman–Crippen LogP) is 1.73. The molecular formula is C12H16N2O4. The summed E-state index contributed by atoms with van der Waals surface area (Å²) in [4.78, 5) is 10.7. The number of hydrogen-bond donors (Lipinski definition) is 1. The number of hydrogen-bond acceptors (Lipinski definition) is 5. The van der Waals surface area contributed by atoms with E-state index in [2.05, 4.69) is 5.32 Å². The SMILES string of the molecule is CCOc1cccc(OC2CCNC2)c1[N+](=O)[O-]. The zero-order valence-electron chi connectivity index (χ0n) is 10.2. The van der Waals surface area contributed by atoms with Crippen molar-refractivity contribution in [3.63, 3.8) is 0 Å². The molecule has 1 unspecified atom stereocenters. The molecule has 0 aromatic heterocycles. The number of benzene rings is 1. The van der Waals surface area contributed by atoms with Gasteiger partial charge in [-0.05, 0) is 32.0 Å². The quantitative estimate of drug-likeness (QED) is 0.638. The average molecular weight is 252 g/mol. The van der Waals surface area contributed by atoms with E-state index < -0.39 is 4.92 Å². The molecule has 1 N–H and O–H groups in total. The molecule has 0 aliphatic carbocycles. The van der Waals surface area contributed by atoms with Gasteiger partial charge in [-0.1, -0.05) is 6.07 Å². The molecule has 1 fully saturated rings. The lowest BCUT2D eigenvalue weighted by Gasteiger charge is -2.13. The molecule has 98 valence electrons. The maximum atomic E-state index is 11.1. The summed E-state index contributed by atoms with van der Waals surface area (Å²) in [6.07, 6.45) is 0.844. The van der Waals surface area contributed by atoms with Gasteiger partial charge in [0.2, 0.25) is 11.5 Å². The predicted molar refractivity (Wildman–Crippen MR) is 66.2 cm³/mol. The zero-order valence-corrected chi connectivity index (χ0v) is 10.2. The number of nitro groups is 1. The van der Waals surface area contributed by atoms with Gasteiger partial charge < -0.3 is 14.8 Å². The van der Waals surface area contributed by atoms with Crippen molar-refractivity contribution in [3.8, 4) is 11.5 Å². The molecule has 0 bridgehead atoms. The summed E-state index contributed by atoms with van der Waals surface area (Å²) in [5.41, 5.74) is -0.0914. The van der Waals surface area contributed by atoms with Crippen molar-refractivity contribution < 1.29 is 14.4 Å². The highest BCUT2D eigenvalue weighted by atomic mass is 16.6. The Morgan fingerprint density at radius 1 is 1.50 bits per heavy atom. The highest BCUT2D eigenvalue weighted by Gasteiger charge is 2.25.